The van der Waals surface area contributed by atoms with Crippen LogP contribution in [-0.2, 0) is 0 Å². The maximum absolute atomic E-state index is 6.33. The number of hydrogen-bond donors (Lipinski definition) is 2. The van der Waals surface area contributed by atoms with Crippen molar-refractivity contribution in [2.75, 3.05) is 38.5 Å². The molecular formula is C15H23ClN3S+. The van der Waals surface area contributed by atoms with E-state index in [2.05, 4.69) is 30.3 Å². The molecule has 1 aliphatic heterocycles. The minimum absolute atomic E-state index is 0.738. The first-order valence-corrected chi connectivity index (χ1v) is 7.90. The number of halogens is 1. The number of hydrogen-bond acceptors (Lipinski definition) is 1. The van der Waals surface area contributed by atoms with Crippen LogP contribution in [0.25, 0.3) is 0 Å². The predicted molar refractivity (Wildman–Crippen MR) is 90.0 cm³/mol. The van der Waals surface area contributed by atoms with Crippen molar-refractivity contribution in [1.82, 2.24) is 4.90 Å². The maximum atomic E-state index is 6.33. The number of nitrogens with one attached hydrogen (secondary N) is 2. The van der Waals surface area contributed by atoms with Crippen molar-refractivity contribution in [3.8, 4) is 0 Å². The second-order valence-electron chi connectivity index (χ2n) is 5.67. The Bertz CT molecular complexity index is 481. The van der Waals surface area contributed by atoms with Gasteiger partial charge in [0.1, 0.15) is 0 Å². The summed E-state index contributed by atoms with van der Waals surface area (Å²) in [6, 6.07) is 4.09. The third kappa shape index (κ3) is 3.84. The number of likely N-dealkylation sites (N-methyl/N-ethyl adjacent to an activating group) is 1. The fraction of sp³-hybridized carbons (Fsp3) is 0.533. The Labute approximate surface area is 131 Å². The predicted octanol–water partition coefficient (Wildman–Crippen LogP) is 1.87. The van der Waals surface area contributed by atoms with Gasteiger partial charge in [-0.1, -0.05) is 17.7 Å². The van der Waals surface area contributed by atoms with Gasteiger partial charge in [0.05, 0.1) is 37.4 Å². The summed E-state index contributed by atoms with van der Waals surface area (Å²) in [5.41, 5.74) is 3.24. The van der Waals surface area contributed by atoms with Crippen LogP contribution in [0.2, 0.25) is 5.02 Å². The van der Waals surface area contributed by atoms with Crippen LogP contribution in [0.5, 0.6) is 0 Å². The third-order valence-corrected chi connectivity index (χ3v) is 4.45. The van der Waals surface area contributed by atoms with Crippen molar-refractivity contribution in [2.45, 2.75) is 20.3 Å². The molecule has 1 aromatic rings. The molecule has 0 aliphatic carbocycles. The lowest BCUT2D eigenvalue weighted by molar-refractivity contribution is -0.877. The Balaban J connectivity index is 2.08. The molecule has 5 heteroatoms. The lowest BCUT2D eigenvalue weighted by Crippen LogP contribution is -3.09. The van der Waals surface area contributed by atoms with Gasteiger partial charge in [-0.25, -0.2) is 0 Å². The largest absolute Gasteiger partial charge is 0.343 e. The Hall–Kier alpha value is -0.840. The summed E-state index contributed by atoms with van der Waals surface area (Å²) >= 11 is 11.9. The third-order valence-electron chi connectivity index (χ3n) is 3.79. The number of nitrogens with zero attached hydrogens (tertiary/aromatic N) is 1. The fourth-order valence-electron chi connectivity index (χ4n) is 2.60. The van der Waals surface area contributed by atoms with E-state index in [1.807, 2.05) is 13.0 Å². The van der Waals surface area contributed by atoms with E-state index < -0.39 is 0 Å². The standard InChI is InChI=1S/C15H22ClN3S/c1-11-9-12(2)14(13(16)10-11)17-15(20)19-6-4-5-18(3)7-8-19/h9-10H,4-8H2,1-3H3,(H,17,20)/p+1. The van der Waals surface area contributed by atoms with Gasteiger partial charge < -0.3 is 15.1 Å². The highest BCUT2D eigenvalue weighted by atomic mass is 35.5. The van der Waals surface area contributed by atoms with Gasteiger partial charge in [0.2, 0.25) is 0 Å². The van der Waals surface area contributed by atoms with Crippen LogP contribution < -0.4 is 10.2 Å². The minimum atomic E-state index is 0.738. The molecule has 0 radical (unpaired) electrons. The Kier molecular flexibility index (Phi) is 5.24. The topological polar surface area (TPSA) is 19.7 Å². The molecular weight excluding hydrogens is 290 g/mol. The molecule has 1 aliphatic rings. The number of aryl methyl sites for hydroxylation is 2. The summed E-state index contributed by atoms with van der Waals surface area (Å²) < 4.78 is 0. The van der Waals surface area contributed by atoms with Crippen molar-refractivity contribution in [2.24, 2.45) is 0 Å². The molecule has 2 rings (SSSR count). The van der Waals surface area contributed by atoms with Crippen LogP contribution in [-0.4, -0.2) is 43.2 Å². The van der Waals surface area contributed by atoms with E-state index in [0.717, 1.165) is 41.0 Å². The highest BCUT2D eigenvalue weighted by Gasteiger charge is 2.18. The van der Waals surface area contributed by atoms with Gasteiger partial charge in [-0.2, -0.15) is 0 Å². The first-order chi connectivity index (χ1) is 9.47. The number of anilines is 1. The molecule has 0 bridgehead atoms. The molecule has 0 spiro atoms. The average molecular weight is 313 g/mol. The van der Waals surface area contributed by atoms with Gasteiger partial charge in [-0.05, 0) is 43.3 Å². The summed E-state index contributed by atoms with van der Waals surface area (Å²) in [5.74, 6) is 0. The maximum Gasteiger partial charge on any atom is 0.173 e. The normalized spacial score (nSPS) is 19.6. The molecule has 1 fully saturated rings. The lowest BCUT2D eigenvalue weighted by atomic mass is 10.1. The summed E-state index contributed by atoms with van der Waals surface area (Å²) in [7, 11) is 2.24. The summed E-state index contributed by atoms with van der Waals surface area (Å²) in [5, 5.41) is 4.86. The second kappa shape index (κ2) is 6.74. The van der Waals surface area contributed by atoms with E-state index in [4.69, 9.17) is 23.8 Å². The monoisotopic (exact) mass is 312 g/mol. The van der Waals surface area contributed by atoms with Crippen LogP contribution in [0.3, 0.4) is 0 Å². The van der Waals surface area contributed by atoms with Crippen LogP contribution in [0, 0.1) is 13.8 Å². The summed E-state index contributed by atoms with van der Waals surface area (Å²) in [6.07, 6.45) is 1.17. The molecule has 1 saturated heterocycles. The first kappa shape index (κ1) is 15.5. The van der Waals surface area contributed by atoms with E-state index in [0.29, 0.717) is 0 Å². The van der Waals surface area contributed by atoms with Crippen LogP contribution in [0.1, 0.15) is 17.5 Å². The number of quaternary nitrogens is 1. The zero-order valence-corrected chi connectivity index (χ0v) is 14.0. The molecule has 1 heterocycles. The zero-order chi connectivity index (χ0) is 14.7. The number of rotatable bonds is 1. The van der Waals surface area contributed by atoms with Crippen LogP contribution in [0.15, 0.2) is 12.1 Å². The molecule has 0 amide bonds. The van der Waals surface area contributed by atoms with Crippen molar-refractivity contribution >= 4 is 34.6 Å². The quantitative estimate of drug-likeness (QED) is 0.773. The van der Waals surface area contributed by atoms with E-state index in [1.54, 1.807) is 4.90 Å². The lowest BCUT2D eigenvalue weighted by Gasteiger charge is -2.24. The van der Waals surface area contributed by atoms with Gasteiger partial charge in [0.15, 0.2) is 5.11 Å². The molecule has 0 saturated carbocycles. The highest BCUT2D eigenvalue weighted by Crippen LogP contribution is 2.27. The van der Waals surface area contributed by atoms with Gasteiger partial charge in [-0.15, -0.1) is 0 Å². The smallest absolute Gasteiger partial charge is 0.173 e. The van der Waals surface area contributed by atoms with Crippen LogP contribution in [0.4, 0.5) is 5.69 Å². The Morgan fingerprint density at radius 1 is 1.30 bits per heavy atom. The van der Waals surface area contributed by atoms with E-state index >= 15 is 0 Å². The number of benzene rings is 1. The Morgan fingerprint density at radius 3 is 2.75 bits per heavy atom. The molecule has 1 aromatic carbocycles. The zero-order valence-electron chi connectivity index (χ0n) is 12.4. The Morgan fingerprint density at radius 2 is 2.05 bits per heavy atom. The molecule has 1 unspecified atom stereocenters. The molecule has 0 aromatic heterocycles. The first-order valence-electron chi connectivity index (χ1n) is 7.11. The summed E-state index contributed by atoms with van der Waals surface area (Å²) in [6.45, 7) is 8.47. The van der Waals surface area contributed by atoms with E-state index in [-0.39, 0.29) is 0 Å². The van der Waals surface area contributed by atoms with Crippen molar-refractivity contribution in [1.29, 1.82) is 0 Å². The van der Waals surface area contributed by atoms with Crippen LogP contribution >= 0.6 is 23.8 Å². The minimum Gasteiger partial charge on any atom is -0.343 e. The molecule has 1 atom stereocenters. The fourth-order valence-corrected chi connectivity index (χ4v) is 3.25. The molecule has 2 N–H and O–H groups in total. The van der Waals surface area contributed by atoms with Crippen molar-refractivity contribution < 1.29 is 4.90 Å². The second-order valence-corrected chi connectivity index (χ2v) is 6.46. The highest BCUT2D eigenvalue weighted by molar-refractivity contribution is 7.80. The van der Waals surface area contributed by atoms with Gasteiger partial charge in [-0.3, -0.25) is 0 Å². The van der Waals surface area contributed by atoms with Crippen molar-refractivity contribution in [3.63, 3.8) is 0 Å². The number of thiocarbonyl (C=S) groups is 1. The van der Waals surface area contributed by atoms with Gasteiger partial charge >= 0.3 is 0 Å². The van der Waals surface area contributed by atoms with Gasteiger partial charge in [0, 0.05) is 13.0 Å². The van der Waals surface area contributed by atoms with Gasteiger partial charge in [0.25, 0.3) is 0 Å². The molecule has 3 nitrogen and oxygen atoms in total. The average Bonchev–Trinajstić information content (AvgIpc) is 2.58. The van der Waals surface area contributed by atoms with Crippen molar-refractivity contribution in [3.05, 3.63) is 28.3 Å². The van der Waals surface area contributed by atoms with E-state index in [9.17, 15) is 0 Å². The summed E-state index contributed by atoms with van der Waals surface area (Å²) in [4.78, 5) is 3.82. The molecule has 20 heavy (non-hydrogen) atoms. The van der Waals surface area contributed by atoms with E-state index in [1.165, 1.54) is 18.5 Å². The molecule has 110 valence electrons. The SMILES string of the molecule is Cc1cc(C)c(NC(=S)N2CCC[NH+](C)CC2)c(Cl)c1.